The van der Waals surface area contributed by atoms with Crippen molar-refractivity contribution >= 4 is 50.9 Å². The molecule has 2 aromatic carbocycles. The van der Waals surface area contributed by atoms with E-state index in [0.717, 1.165) is 22.2 Å². The topological polar surface area (TPSA) is 63.4 Å². The summed E-state index contributed by atoms with van der Waals surface area (Å²) in [5.74, 6) is -0.0747. The van der Waals surface area contributed by atoms with E-state index in [2.05, 4.69) is 4.98 Å². The van der Waals surface area contributed by atoms with Gasteiger partial charge < -0.3 is 4.42 Å². The van der Waals surface area contributed by atoms with Crippen molar-refractivity contribution in [2.45, 2.75) is 20.8 Å². The zero-order valence-corrected chi connectivity index (χ0v) is 17.7. The summed E-state index contributed by atoms with van der Waals surface area (Å²) in [6.45, 7) is 5.52. The molecule has 0 unspecified atom stereocenters. The van der Waals surface area contributed by atoms with Gasteiger partial charge in [-0.1, -0.05) is 30.3 Å². The minimum Gasteiger partial charge on any atom is -0.453 e. The van der Waals surface area contributed by atoms with Crippen molar-refractivity contribution in [3.8, 4) is 0 Å². The number of rotatable bonds is 5. The van der Waals surface area contributed by atoms with E-state index >= 15 is 0 Å². The molecule has 1 amide bonds. The Hall–Kier alpha value is -3.51. The minimum atomic E-state index is -0.237. The number of fused-ring (bicyclic) bond motifs is 1. The molecule has 0 fully saturated rings. The number of ketones is 1. The quantitative estimate of drug-likeness (QED) is 0.292. The number of aryl methyl sites for hydroxylation is 1. The van der Waals surface area contributed by atoms with Crippen LogP contribution in [0.1, 0.15) is 34.3 Å². The van der Waals surface area contributed by atoms with Gasteiger partial charge in [-0.15, -0.1) is 11.3 Å². The van der Waals surface area contributed by atoms with E-state index in [1.54, 1.807) is 17.0 Å². The second-order valence-electron chi connectivity index (χ2n) is 6.97. The van der Waals surface area contributed by atoms with Gasteiger partial charge in [-0.25, -0.2) is 4.98 Å². The van der Waals surface area contributed by atoms with Gasteiger partial charge in [0.1, 0.15) is 5.58 Å². The van der Waals surface area contributed by atoms with Crippen LogP contribution in [-0.4, -0.2) is 16.7 Å². The molecule has 2 heterocycles. The summed E-state index contributed by atoms with van der Waals surface area (Å²) in [4.78, 5) is 31.0. The first-order chi connectivity index (χ1) is 14.4. The third-order valence-electron chi connectivity index (χ3n) is 4.91. The van der Waals surface area contributed by atoms with Crippen molar-refractivity contribution in [2.75, 3.05) is 4.90 Å². The predicted octanol–water partition coefficient (Wildman–Crippen LogP) is 6.09. The molecule has 0 aliphatic rings. The van der Waals surface area contributed by atoms with Crippen molar-refractivity contribution in [3.05, 3.63) is 82.6 Å². The summed E-state index contributed by atoms with van der Waals surface area (Å²) in [6, 6.07) is 15.1. The predicted molar refractivity (Wildman–Crippen MR) is 120 cm³/mol. The van der Waals surface area contributed by atoms with Gasteiger partial charge in [0.05, 0.1) is 11.4 Å². The number of allylic oxidation sites excluding steroid dienone is 1. The SMILES string of the molecule is CC(=O)N(c1nc(C=CC(=O)c2cc3ccccc3o2)cs1)c1cccc(C)c1C. The lowest BCUT2D eigenvalue weighted by Crippen LogP contribution is -2.23. The Morgan fingerprint density at radius 3 is 2.67 bits per heavy atom. The Balaban J connectivity index is 1.58. The lowest BCUT2D eigenvalue weighted by molar-refractivity contribution is -0.115. The first-order valence-electron chi connectivity index (χ1n) is 9.47. The maximum atomic E-state index is 12.5. The third-order valence-corrected chi connectivity index (χ3v) is 5.75. The van der Waals surface area contributed by atoms with Crippen LogP contribution in [0.3, 0.4) is 0 Å². The van der Waals surface area contributed by atoms with E-state index in [0.29, 0.717) is 16.4 Å². The molecule has 0 saturated carbocycles. The summed E-state index contributed by atoms with van der Waals surface area (Å²) in [5, 5.41) is 3.27. The van der Waals surface area contributed by atoms with Crippen LogP contribution in [-0.2, 0) is 4.79 Å². The number of hydrogen-bond donors (Lipinski definition) is 0. The van der Waals surface area contributed by atoms with Crippen molar-refractivity contribution < 1.29 is 14.0 Å². The van der Waals surface area contributed by atoms with E-state index in [1.807, 2.05) is 61.7 Å². The Morgan fingerprint density at radius 1 is 1.10 bits per heavy atom. The number of carbonyl (C=O) groups is 2. The molecule has 30 heavy (non-hydrogen) atoms. The second kappa shape index (κ2) is 8.08. The van der Waals surface area contributed by atoms with E-state index in [4.69, 9.17) is 4.42 Å². The van der Waals surface area contributed by atoms with Crippen LogP contribution in [0.2, 0.25) is 0 Å². The van der Waals surface area contributed by atoms with E-state index < -0.39 is 0 Å². The first kappa shape index (κ1) is 19.8. The number of hydrogen-bond acceptors (Lipinski definition) is 5. The molecule has 0 bridgehead atoms. The maximum absolute atomic E-state index is 12.5. The number of furan rings is 1. The first-order valence-corrected chi connectivity index (χ1v) is 10.4. The number of amides is 1. The highest BCUT2D eigenvalue weighted by Gasteiger charge is 2.20. The molecule has 2 aromatic heterocycles. The summed E-state index contributed by atoms with van der Waals surface area (Å²) in [6.07, 6.45) is 3.07. The molecule has 0 saturated heterocycles. The number of thiazole rings is 1. The molecule has 0 aliphatic heterocycles. The van der Waals surface area contributed by atoms with Gasteiger partial charge in [0.2, 0.25) is 11.7 Å². The number of anilines is 2. The Kier molecular flexibility index (Phi) is 5.33. The molecular weight excluding hydrogens is 396 g/mol. The molecule has 0 N–H and O–H groups in total. The smallest absolute Gasteiger partial charge is 0.230 e. The largest absolute Gasteiger partial charge is 0.453 e. The normalized spacial score (nSPS) is 11.3. The highest BCUT2D eigenvalue weighted by atomic mass is 32.1. The standard InChI is InChI=1S/C24H20N2O3S/c1-15-7-6-9-20(16(15)2)26(17(3)27)24-25-19(14-30-24)11-12-21(28)23-13-18-8-4-5-10-22(18)29-23/h4-14H,1-3H3. The molecular formula is C24H20N2O3S. The van der Waals surface area contributed by atoms with E-state index in [9.17, 15) is 9.59 Å². The van der Waals surface area contributed by atoms with Crippen LogP contribution >= 0.6 is 11.3 Å². The lowest BCUT2D eigenvalue weighted by Gasteiger charge is -2.21. The number of carbonyl (C=O) groups excluding carboxylic acids is 2. The zero-order chi connectivity index (χ0) is 21.3. The van der Waals surface area contributed by atoms with Gasteiger partial charge in [0.15, 0.2) is 10.9 Å². The average molecular weight is 417 g/mol. The van der Waals surface area contributed by atoms with Crippen molar-refractivity contribution in [1.82, 2.24) is 4.98 Å². The highest BCUT2D eigenvalue weighted by molar-refractivity contribution is 7.14. The Bertz CT molecular complexity index is 1250. The van der Waals surface area contributed by atoms with Crippen LogP contribution in [0.25, 0.3) is 17.0 Å². The van der Waals surface area contributed by atoms with Crippen LogP contribution in [0.5, 0.6) is 0 Å². The van der Waals surface area contributed by atoms with Gasteiger partial charge in [-0.2, -0.15) is 0 Å². The number of benzene rings is 2. The second-order valence-corrected chi connectivity index (χ2v) is 7.81. The minimum absolute atomic E-state index is 0.119. The van der Waals surface area contributed by atoms with Crippen LogP contribution in [0.4, 0.5) is 10.8 Å². The van der Waals surface area contributed by atoms with Gasteiger partial charge in [0, 0.05) is 17.7 Å². The number of para-hydroxylation sites is 1. The monoisotopic (exact) mass is 416 g/mol. The van der Waals surface area contributed by atoms with Gasteiger partial charge in [-0.05, 0) is 55.3 Å². The molecule has 0 aliphatic carbocycles. The summed E-state index contributed by atoms with van der Waals surface area (Å²) >= 11 is 1.35. The van der Waals surface area contributed by atoms with Gasteiger partial charge >= 0.3 is 0 Å². The third kappa shape index (κ3) is 3.82. The maximum Gasteiger partial charge on any atom is 0.230 e. The van der Waals surface area contributed by atoms with Gasteiger partial charge in [-0.3, -0.25) is 14.5 Å². The fraction of sp³-hybridized carbons (Fsp3) is 0.125. The molecule has 4 rings (SSSR count). The fourth-order valence-corrected chi connectivity index (χ4v) is 4.04. The zero-order valence-electron chi connectivity index (χ0n) is 16.9. The van der Waals surface area contributed by atoms with Gasteiger partial charge in [0.25, 0.3) is 0 Å². The fourth-order valence-electron chi connectivity index (χ4n) is 3.19. The lowest BCUT2D eigenvalue weighted by atomic mass is 10.1. The summed E-state index contributed by atoms with van der Waals surface area (Å²) in [7, 11) is 0. The molecule has 4 aromatic rings. The van der Waals surface area contributed by atoms with Crippen LogP contribution in [0, 0.1) is 13.8 Å². The average Bonchev–Trinajstić information content (AvgIpc) is 3.36. The molecule has 6 heteroatoms. The Labute approximate surface area is 178 Å². The Morgan fingerprint density at radius 2 is 1.90 bits per heavy atom. The van der Waals surface area contributed by atoms with E-state index in [1.165, 1.54) is 24.3 Å². The van der Waals surface area contributed by atoms with Crippen molar-refractivity contribution in [1.29, 1.82) is 0 Å². The number of nitrogens with zero attached hydrogens (tertiary/aromatic N) is 2. The molecule has 150 valence electrons. The van der Waals surface area contributed by atoms with Crippen LogP contribution < -0.4 is 4.90 Å². The number of aromatic nitrogens is 1. The summed E-state index contributed by atoms with van der Waals surface area (Å²) < 4.78 is 5.60. The molecule has 0 radical (unpaired) electrons. The van der Waals surface area contributed by atoms with Crippen LogP contribution in [0.15, 0.2) is 64.4 Å². The molecule has 0 atom stereocenters. The van der Waals surface area contributed by atoms with Crippen molar-refractivity contribution in [3.63, 3.8) is 0 Å². The molecule has 0 spiro atoms. The van der Waals surface area contributed by atoms with Crippen molar-refractivity contribution in [2.24, 2.45) is 0 Å². The highest BCUT2D eigenvalue weighted by Crippen LogP contribution is 2.32. The summed E-state index contributed by atoms with van der Waals surface area (Å²) in [5.41, 5.74) is 4.23. The van der Waals surface area contributed by atoms with E-state index in [-0.39, 0.29) is 17.5 Å². The molecule has 5 nitrogen and oxygen atoms in total.